The van der Waals surface area contributed by atoms with Crippen LogP contribution in [0.2, 0.25) is 0 Å². The number of piperidine rings is 1. The van der Waals surface area contributed by atoms with Gasteiger partial charge in [-0.3, -0.25) is 0 Å². The van der Waals surface area contributed by atoms with Gasteiger partial charge in [-0.1, -0.05) is 26.8 Å². The minimum atomic E-state index is -0.211. The molecule has 1 aromatic heterocycles. The van der Waals surface area contributed by atoms with Gasteiger partial charge in [-0.05, 0) is 43.2 Å². The number of carbonyl (C=O) groups excluding carboxylic acids is 1. The molecule has 1 aliphatic rings. The van der Waals surface area contributed by atoms with Gasteiger partial charge in [-0.2, -0.15) is 0 Å². The van der Waals surface area contributed by atoms with Crippen LogP contribution < -0.4 is 15.5 Å². The molecular weight excluding hydrogens is 316 g/mol. The van der Waals surface area contributed by atoms with Crippen LogP contribution in [0.4, 0.5) is 10.6 Å². The molecule has 3 N–H and O–H groups in total. The molecular formula is C19H32N4O2. The van der Waals surface area contributed by atoms with Crippen LogP contribution in [0.25, 0.3) is 0 Å². The van der Waals surface area contributed by atoms with E-state index in [9.17, 15) is 9.90 Å². The van der Waals surface area contributed by atoms with Gasteiger partial charge in [0.2, 0.25) is 0 Å². The lowest BCUT2D eigenvalue weighted by Crippen LogP contribution is -2.51. The van der Waals surface area contributed by atoms with Crippen LogP contribution in [0.15, 0.2) is 18.3 Å². The fourth-order valence-electron chi connectivity index (χ4n) is 3.21. The Labute approximate surface area is 151 Å². The van der Waals surface area contributed by atoms with Gasteiger partial charge in [0, 0.05) is 25.3 Å². The Balaban J connectivity index is 1.77. The number of amides is 2. The molecule has 2 heterocycles. The van der Waals surface area contributed by atoms with Crippen LogP contribution in [0.5, 0.6) is 0 Å². The quantitative estimate of drug-likeness (QED) is 0.764. The summed E-state index contributed by atoms with van der Waals surface area (Å²) in [6, 6.07) is 3.89. The molecule has 1 fully saturated rings. The Kier molecular flexibility index (Phi) is 6.64. The van der Waals surface area contributed by atoms with Crippen molar-refractivity contribution < 1.29 is 9.90 Å². The van der Waals surface area contributed by atoms with Gasteiger partial charge >= 0.3 is 6.03 Å². The minimum Gasteiger partial charge on any atom is -0.394 e. The third-order valence-electron chi connectivity index (χ3n) is 4.46. The van der Waals surface area contributed by atoms with E-state index in [2.05, 4.69) is 47.4 Å². The lowest BCUT2D eigenvalue weighted by molar-refractivity contribution is 0.188. The molecule has 25 heavy (non-hydrogen) atoms. The molecule has 1 atom stereocenters. The molecule has 0 saturated carbocycles. The molecule has 2 rings (SSSR count). The van der Waals surface area contributed by atoms with E-state index in [1.165, 1.54) is 0 Å². The summed E-state index contributed by atoms with van der Waals surface area (Å²) in [6.45, 7) is 10.1. The Morgan fingerprint density at radius 2 is 2.04 bits per heavy atom. The van der Waals surface area contributed by atoms with Crippen molar-refractivity contribution in [3.8, 4) is 0 Å². The van der Waals surface area contributed by atoms with Crippen LogP contribution in [0.3, 0.4) is 0 Å². The van der Waals surface area contributed by atoms with Gasteiger partial charge in [-0.25, -0.2) is 9.78 Å². The lowest BCUT2D eigenvalue weighted by Gasteiger charge is -2.33. The molecule has 6 heteroatoms. The van der Waals surface area contributed by atoms with E-state index >= 15 is 0 Å². The Hall–Kier alpha value is -1.82. The van der Waals surface area contributed by atoms with Crippen molar-refractivity contribution in [2.45, 2.75) is 59.0 Å². The highest BCUT2D eigenvalue weighted by Gasteiger charge is 2.24. The number of nitrogens with zero attached hydrogens (tertiary/aromatic N) is 2. The average molecular weight is 348 g/mol. The monoisotopic (exact) mass is 348 g/mol. The highest BCUT2D eigenvalue weighted by molar-refractivity contribution is 5.74. The van der Waals surface area contributed by atoms with Crippen LogP contribution in [-0.4, -0.2) is 47.9 Å². The smallest absolute Gasteiger partial charge is 0.315 e. The number of aliphatic hydroxyl groups is 1. The van der Waals surface area contributed by atoms with E-state index in [0.29, 0.717) is 0 Å². The first-order valence-corrected chi connectivity index (χ1v) is 9.12. The number of aliphatic hydroxyl groups excluding tert-OH is 1. The fourth-order valence-corrected chi connectivity index (χ4v) is 3.21. The number of nitrogens with one attached hydrogen (secondary N) is 2. The molecule has 0 spiro atoms. The fraction of sp³-hybridized carbons (Fsp3) is 0.684. The van der Waals surface area contributed by atoms with Crippen LogP contribution >= 0.6 is 0 Å². The zero-order chi connectivity index (χ0) is 18.4. The van der Waals surface area contributed by atoms with E-state index in [1.54, 1.807) is 0 Å². The van der Waals surface area contributed by atoms with Gasteiger partial charge in [0.05, 0.1) is 12.6 Å². The lowest BCUT2D eigenvalue weighted by atomic mass is 9.88. The van der Waals surface area contributed by atoms with Crippen molar-refractivity contribution in [2.24, 2.45) is 5.41 Å². The molecule has 1 aromatic rings. The second-order valence-electron chi connectivity index (χ2n) is 8.22. The van der Waals surface area contributed by atoms with E-state index in [4.69, 9.17) is 0 Å². The summed E-state index contributed by atoms with van der Waals surface area (Å²) in [6.07, 6.45) is 4.42. The van der Waals surface area contributed by atoms with Crippen molar-refractivity contribution >= 4 is 11.8 Å². The van der Waals surface area contributed by atoms with E-state index in [-0.39, 0.29) is 30.1 Å². The second kappa shape index (κ2) is 8.52. The number of hydrogen-bond donors (Lipinski definition) is 3. The molecule has 0 aliphatic carbocycles. The Bertz CT molecular complexity index is 546. The third-order valence-corrected chi connectivity index (χ3v) is 4.46. The summed E-state index contributed by atoms with van der Waals surface area (Å²) < 4.78 is 0. The van der Waals surface area contributed by atoms with E-state index < -0.39 is 0 Å². The number of urea groups is 1. The number of carbonyl (C=O) groups is 1. The molecule has 0 bridgehead atoms. The molecule has 1 aliphatic heterocycles. The summed E-state index contributed by atoms with van der Waals surface area (Å²) in [7, 11) is 0. The van der Waals surface area contributed by atoms with Crippen LogP contribution in [0, 0.1) is 12.3 Å². The zero-order valence-corrected chi connectivity index (χ0v) is 15.9. The normalized spacial score (nSPS) is 17.2. The van der Waals surface area contributed by atoms with Gasteiger partial charge in [0.25, 0.3) is 0 Å². The Morgan fingerprint density at radius 1 is 1.36 bits per heavy atom. The number of aryl methyl sites for hydroxylation is 1. The largest absolute Gasteiger partial charge is 0.394 e. The van der Waals surface area contributed by atoms with Crippen molar-refractivity contribution in [3.63, 3.8) is 0 Å². The first-order valence-electron chi connectivity index (χ1n) is 9.12. The minimum absolute atomic E-state index is 0.0395. The first-order chi connectivity index (χ1) is 11.8. The van der Waals surface area contributed by atoms with E-state index in [0.717, 1.165) is 43.7 Å². The summed E-state index contributed by atoms with van der Waals surface area (Å²) in [5.74, 6) is 0.999. The number of hydrogen-bond acceptors (Lipinski definition) is 4. The number of rotatable bonds is 5. The standard InChI is InChI=1S/C19H32N4O2/c1-14-5-6-17(20-12-14)23-9-7-15(8-10-23)21-18(25)22-16(13-24)11-19(2,3)4/h5-6,12,15-16,24H,7-11,13H2,1-4H3,(H2,21,22,25). The maximum atomic E-state index is 12.2. The number of pyridine rings is 1. The molecule has 140 valence electrons. The SMILES string of the molecule is Cc1ccc(N2CCC(NC(=O)NC(CO)CC(C)(C)C)CC2)nc1. The predicted molar refractivity (Wildman–Crippen MR) is 101 cm³/mol. The van der Waals surface area contributed by atoms with Gasteiger partial charge < -0.3 is 20.6 Å². The zero-order valence-electron chi connectivity index (χ0n) is 15.9. The second-order valence-corrected chi connectivity index (χ2v) is 8.22. The van der Waals surface area contributed by atoms with Crippen molar-refractivity contribution in [1.82, 2.24) is 15.6 Å². The van der Waals surface area contributed by atoms with Crippen LogP contribution in [-0.2, 0) is 0 Å². The highest BCUT2D eigenvalue weighted by atomic mass is 16.3. The topological polar surface area (TPSA) is 77.5 Å². The van der Waals surface area contributed by atoms with Crippen LogP contribution in [0.1, 0.15) is 45.6 Å². The van der Waals surface area contributed by atoms with E-state index in [1.807, 2.05) is 19.2 Å². The molecule has 6 nitrogen and oxygen atoms in total. The summed E-state index contributed by atoms with van der Waals surface area (Å²) >= 11 is 0. The van der Waals surface area contributed by atoms with Crippen molar-refractivity contribution in [3.05, 3.63) is 23.9 Å². The third kappa shape index (κ3) is 6.53. The predicted octanol–water partition coefficient (Wildman–Crippen LogP) is 2.46. The summed E-state index contributed by atoms with van der Waals surface area (Å²) in [5.41, 5.74) is 1.22. The molecule has 0 aromatic carbocycles. The van der Waals surface area contributed by atoms with Gasteiger partial charge in [0.1, 0.15) is 5.82 Å². The molecule has 1 saturated heterocycles. The maximum Gasteiger partial charge on any atom is 0.315 e. The highest BCUT2D eigenvalue weighted by Crippen LogP contribution is 2.21. The molecule has 2 amide bonds. The first kappa shape index (κ1) is 19.5. The maximum absolute atomic E-state index is 12.2. The van der Waals surface area contributed by atoms with Gasteiger partial charge in [0.15, 0.2) is 0 Å². The van der Waals surface area contributed by atoms with Crippen molar-refractivity contribution in [2.75, 3.05) is 24.6 Å². The summed E-state index contributed by atoms with van der Waals surface area (Å²) in [5, 5.41) is 15.4. The number of anilines is 1. The average Bonchev–Trinajstić information content (AvgIpc) is 2.54. The van der Waals surface area contributed by atoms with Gasteiger partial charge in [-0.15, -0.1) is 0 Å². The Morgan fingerprint density at radius 3 is 2.56 bits per heavy atom. The molecule has 0 radical (unpaired) electrons. The number of aromatic nitrogens is 1. The molecule has 1 unspecified atom stereocenters. The summed E-state index contributed by atoms with van der Waals surface area (Å²) in [4.78, 5) is 18.9. The van der Waals surface area contributed by atoms with Crippen molar-refractivity contribution in [1.29, 1.82) is 0 Å².